The summed E-state index contributed by atoms with van der Waals surface area (Å²) < 4.78 is 2.25. The third-order valence-electron chi connectivity index (χ3n) is 3.88. The third kappa shape index (κ3) is 2.83. The molecular weight excluding hydrogens is 337 g/mol. The number of halogens is 2. The van der Waals surface area contributed by atoms with Gasteiger partial charge in [-0.15, -0.1) is 0 Å². The molecule has 1 aliphatic heterocycles. The fourth-order valence-electron chi connectivity index (χ4n) is 2.91. The first-order chi connectivity index (χ1) is 10.6. The van der Waals surface area contributed by atoms with Crippen molar-refractivity contribution in [1.82, 2.24) is 14.8 Å². The number of thiocarbonyl (C=S) groups is 1. The van der Waals surface area contributed by atoms with Gasteiger partial charge in [-0.3, -0.25) is 0 Å². The minimum absolute atomic E-state index is 0.0000617. The van der Waals surface area contributed by atoms with E-state index in [0.717, 1.165) is 30.3 Å². The van der Waals surface area contributed by atoms with Crippen LogP contribution in [-0.2, 0) is 6.54 Å². The van der Waals surface area contributed by atoms with Crippen molar-refractivity contribution >= 4 is 40.5 Å². The number of benzene rings is 1. The molecule has 0 spiro atoms. The van der Waals surface area contributed by atoms with Crippen LogP contribution in [0.3, 0.4) is 0 Å². The summed E-state index contributed by atoms with van der Waals surface area (Å²) in [5.74, 6) is 0. The Balaban J connectivity index is 2.07. The van der Waals surface area contributed by atoms with Crippen molar-refractivity contribution < 1.29 is 0 Å². The maximum atomic E-state index is 6.46. The molecule has 6 heteroatoms. The first-order valence-corrected chi connectivity index (χ1v) is 8.42. The van der Waals surface area contributed by atoms with Crippen LogP contribution in [0.2, 0.25) is 10.0 Å². The Bertz CT molecular complexity index is 698. The van der Waals surface area contributed by atoms with Crippen LogP contribution < -0.4 is 5.32 Å². The summed E-state index contributed by atoms with van der Waals surface area (Å²) in [6, 6.07) is 9.83. The summed E-state index contributed by atoms with van der Waals surface area (Å²) in [7, 11) is 0. The van der Waals surface area contributed by atoms with Gasteiger partial charge in [0.1, 0.15) is 0 Å². The molecule has 0 saturated carbocycles. The van der Waals surface area contributed by atoms with Gasteiger partial charge in [-0.2, -0.15) is 0 Å². The maximum absolute atomic E-state index is 6.46. The van der Waals surface area contributed by atoms with Crippen molar-refractivity contribution in [3.63, 3.8) is 0 Å². The number of nitrogens with one attached hydrogen (secondary N) is 1. The number of nitrogens with zero attached hydrogens (tertiary/aromatic N) is 2. The van der Waals surface area contributed by atoms with E-state index in [2.05, 4.69) is 33.1 Å². The van der Waals surface area contributed by atoms with E-state index in [9.17, 15) is 0 Å². The SMILES string of the molecule is CCNC(=S)N1CCn2cccc2[C@H]1c1ccc(Cl)cc1Cl. The van der Waals surface area contributed by atoms with E-state index < -0.39 is 0 Å². The van der Waals surface area contributed by atoms with E-state index in [1.54, 1.807) is 6.07 Å². The van der Waals surface area contributed by atoms with E-state index >= 15 is 0 Å². The molecule has 1 atom stereocenters. The highest BCUT2D eigenvalue weighted by Gasteiger charge is 2.31. The van der Waals surface area contributed by atoms with Gasteiger partial charge in [-0.05, 0) is 49.0 Å². The summed E-state index contributed by atoms with van der Waals surface area (Å²) in [6.45, 7) is 4.60. The van der Waals surface area contributed by atoms with Crippen molar-refractivity contribution in [1.29, 1.82) is 0 Å². The standard InChI is InChI=1S/C16H17Cl2N3S/c1-2-19-16(22)21-9-8-20-7-3-4-14(20)15(21)12-6-5-11(17)10-13(12)18/h3-7,10,15H,2,8-9H2,1H3,(H,19,22)/t15-/m1/s1. The van der Waals surface area contributed by atoms with E-state index in [-0.39, 0.29) is 6.04 Å². The number of rotatable bonds is 2. The van der Waals surface area contributed by atoms with E-state index in [4.69, 9.17) is 35.4 Å². The van der Waals surface area contributed by atoms with Crippen molar-refractivity contribution in [3.05, 3.63) is 57.8 Å². The quantitative estimate of drug-likeness (QED) is 0.821. The van der Waals surface area contributed by atoms with E-state index in [0.29, 0.717) is 10.0 Å². The largest absolute Gasteiger partial charge is 0.363 e. The summed E-state index contributed by atoms with van der Waals surface area (Å²) in [5.41, 5.74) is 2.21. The van der Waals surface area contributed by atoms with Crippen LogP contribution in [0, 0.1) is 0 Å². The van der Waals surface area contributed by atoms with Crippen LogP contribution in [0.5, 0.6) is 0 Å². The minimum atomic E-state index is 0.0000617. The number of aromatic nitrogens is 1. The molecule has 0 amide bonds. The molecule has 2 aromatic rings. The van der Waals surface area contributed by atoms with Gasteiger partial charge < -0.3 is 14.8 Å². The van der Waals surface area contributed by atoms with Crippen LogP contribution in [0.25, 0.3) is 0 Å². The average molecular weight is 354 g/mol. The molecule has 3 nitrogen and oxygen atoms in total. The molecule has 116 valence electrons. The van der Waals surface area contributed by atoms with Gasteiger partial charge in [0, 0.05) is 41.6 Å². The normalized spacial score (nSPS) is 17.2. The molecule has 3 rings (SSSR count). The molecule has 0 unspecified atom stereocenters. The van der Waals surface area contributed by atoms with Crippen LogP contribution in [0.4, 0.5) is 0 Å². The average Bonchev–Trinajstić information content (AvgIpc) is 2.95. The second kappa shape index (κ2) is 6.49. The predicted molar refractivity (Wildman–Crippen MR) is 95.7 cm³/mol. The van der Waals surface area contributed by atoms with Gasteiger partial charge in [0.05, 0.1) is 6.04 Å². The Kier molecular flexibility index (Phi) is 4.62. The smallest absolute Gasteiger partial charge is 0.169 e. The second-order valence-corrected chi connectivity index (χ2v) is 6.45. The maximum Gasteiger partial charge on any atom is 0.169 e. The topological polar surface area (TPSA) is 20.2 Å². The van der Waals surface area contributed by atoms with Gasteiger partial charge in [0.25, 0.3) is 0 Å². The lowest BCUT2D eigenvalue weighted by atomic mass is 10.0. The Morgan fingerprint density at radius 1 is 1.32 bits per heavy atom. The predicted octanol–water partition coefficient (Wildman–Crippen LogP) is 4.09. The molecule has 0 saturated heterocycles. The summed E-state index contributed by atoms with van der Waals surface area (Å²) in [5, 5.41) is 5.31. The lowest BCUT2D eigenvalue weighted by Crippen LogP contribution is -2.47. The van der Waals surface area contributed by atoms with Crippen LogP contribution >= 0.6 is 35.4 Å². The Morgan fingerprint density at radius 3 is 2.86 bits per heavy atom. The van der Waals surface area contributed by atoms with Gasteiger partial charge >= 0.3 is 0 Å². The number of hydrogen-bond donors (Lipinski definition) is 1. The molecule has 22 heavy (non-hydrogen) atoms. The highest BCUT2D eigenvalue weighted by Crippen LogP contribution is 2.37. The molecule has 2 heterocycles. The van der Waals surface area contributed by atoms with Crippen LogP contribution in [-0.4, -0.2) is 27.7 Å². The summed E-state index contributed by atoms with van der Waals surface area (Å²) in [6.07, 6.45) is 2.10. The Hall–Kier alpha value is -1.23. The van der Waals surface area contributed by atoms with Gasteiger partial charge in [0.15, 0.2) is 5.11 Å². The first-order valence-electron chi connectivity index (χ1n) is 7.26. The third-order valence-corrected chi connectivity index (χ3v) is 4.83. The fraction of sp³-hybridized carbons (Fsp3) is 0.312. The molecule has 0 radical (unpaired) electrons. The lowest BCUT2D eigenvalue weighted by molar-refractivity contribution is 0.286. The zero-order chi connectivity index (χ0) is 15.7. The van der Waals surface area contributed by atoms with Crippen molar-refractivity contribution in [2.75, 3.05) is 13.1 Å². The zero-order valence-electron chi connectivity index (χ0n) is 12.2. The van der Waals surface area contributed by atoms with Crippen molar-refractivity contribution in [3.8, 4) is 0 Å². The highest BCUT2D eigenvalue weighted by atomic mass is 35.5. The first kappa shape index (κ1) is 15.7. The molecule has 0 bridgehead atoms. The molecule has 0 fully saturated rings. The molecule has 0 aliphatic carbocycles. The molecule has 1 aliphatic rings. The summed E-state index contributed by atoms with van der Waals surface area (Å²) >= 11 is 18.1. The highest BCUT2D eigenvalue weighted by molar-refractivity contribution is 7.80. The second-order valence-electron chi connectivity index (χ2n) is 5.22. The Labute approximate surface area is 145 Å². The van der Waals surface area contributed by atoms with E-state index in [1.165, 1.54) is 5.69 Å². The van der Waals surface area contributed by atoms with Gasteiger partial charge in [-0.1, -0.05) is 29.3 Å². The van der Waals surface area contributed by atoms with E-state index in [1.807, 2.05) is 19.1 Å². The monoisotopic (exact) mass is 353 g/mol. The summed E-state index contributed by atoms with van der Waals surface area (Å²) in [4.78, 5) is 2.20. The van der Waals surface area contributed by atoms with Gasteiger partial charge in [0.2, 0.25) is 0 Å². The molecule has 1 aromatic carbocycles. The zero-order valence-corrected chi connectivity index (χ0v) is 14.5. The van der Waals surface area contributed by atoms with Crippen LogP contribution in [0.15, 0.2) is 36.5 Å². The van der Waals surface area contributed by atoms with Crippen molar-refractivity contribution in [2.24, 2.45) is 0 Å². The number of fused-ring (bicyclic) bond motifs is 1. The van der Waals surface area contributed by atoms with Gasteiger partial charge in [-0.25, -0.2) is 0 Å². The minimum Gasteiger partial charge on any atom is -0.363 e. The molecule has 1 N–H and O–H groups in total. The van der Waals surface area contributed by atoms with Crippen LogP contribution in [0.1, 0.15) is 24.2 Å². The Morgan fingerprint density at radius 2 is 2.14 bits per heavy atom. The number of hydrogen-bond acceptors (Lipinski definition) is 1. The molecule has 1 aromatic heterocycles. The van der Waals surface area contributed by atoms with Crippen molar-refractivity contribution in [2.45, 2.75) is 19.5 Å². The lowest BCUT2D eigenvalue weighted by Gasteiger charge is -2.39. The fourth-order valence-corrected chi connectivity index (χ4v) is 3.76. The molecular formula is C16H17Cl2N3S.